The van der Waals surface area contributed by atoms with Crippen molar-refractivity contribution in [1.82, 2.24) is 0 Å². The molecule has 1 aromatic carbocycles. The number of nitrogens with one attached hydrogen (secondary N) is 1. The van der Waals surface area contributed by atoms with E-state index in [1.807, 2.05) is 25.1 Å². The maximum absolute atomic E-state index is 11.8. The molecule has 0 atom stereocenters. The predicted molar refractivity (Wildman–Crippen MR) is 64.2 cm³/mol. The van der Waals surface area contributed by atoms with E-state index in [9.17, 15) is 13.2 Å². The van der Waals surface area contributed by atoms with Gasteiger partial charge in [-0.15, -0.1) is 0 Å². The summed E-state index contributed by atoms with van der Waals surface area (Å²) < 4.78 is 40.7. The normalized spacial score (nSPS) is 11.6. The van der Waals surface area contributed by atoms with Crippen LogP contribution in [0.4, 0.5) is 18.9 Å². The number of aryl methyl sites for hydroxylation is 1. The van der Waals surface area contributed by atoms with Crippen molar-refractivity contribution in [2.45, 2.75) is 13.1 Å². The number of hydrogen-bond acceptors (Lipinski definition) is 2. The molecule has 0 heterocycles. The Labute approximate surface area is 106 Å². The molecule has 0 saturated heterocycles. The van der Waals surface area contributed by atoms with E-state index in [4.69, 9.17) is 0 Å². The van der Waals surface area contributed by atoms with Crippen molar-refractivity contribution in [1.29, 1.82) is 0 Å². The van der Waals surface area contributed by atoms with Crippen molar-refractivity contribution in [2.75, 3.05) is 25.1 Å². The molecule has 0 fully saturated rings. The molecule has 1 N–H and O–H groups in total. The topological polar surface area (TPSA) is 21.3 Å². The second-order valence-electron chi connectivity index (χ2n) is 3.61. The van der Waals surface area contributed by atoms with Gasteiger partial charge in [-0.25, -0.2) is 0 Å². The Morgan fingerprint density at radius 1 is 1.29 bits per heavy atom. The van der Waals surface area contributed by atoms with Crippen LogP contribution in [0.1, 0.15) is 5.56 Å². The minimum atomic E-state index is -4.26. The van der Waals surface area contributed by atoms with Crippen molar-refractivity contribution in [3.05, 3.63) is 28.2 Å². The maximum Gasteiger partial charge on any atom is 0.411 e. The fraction of sp³-hybridized carbons (Fsp3) is 0.455. The van der Waals surface area contributed by atoms with Crippen molar-refractivity contribution in [2.24, 2.45) is 0 Å². The van der Waals surface area contributed by atoms with Crippen molar-refractivity contribution < 1.29 is 17.9 Å². The van der Waals surface area contributed by atoms with Crippen LogP contribution in [-0.4, -0.2) is 25.9 Å². The van der Waals surface area contributed by atoms with Gasteiger partial charge in [0.05, 0.1) is 6.61 Å². The summed E-state index contributed by atoms with van der Waals surface area (Å²) in [4.78, 5) is 0. The van der Waals surface area contributed by atoms with Gasteiger partial charge in [0.2, 0.25) is 0 Å². The molecule has 0 spiro atoms. The smallest absolute Gasteiger partial charge is 0.383 e. The fourth-order valence-corrected chi connectivity index (χ4v) is 1.90. The number of hydrogen-bond donors (Lipinski definition) is 1. The summed E-state index contributed by atoms with van der Waals surface area (Å²) in [6, 6.07) is 5.72. The van der Waals surface area contributed by atoms with Gasteiger partial charge in [-0.05, 0) is 30.7 Å². The Balaban J connectivity index is 2.27. The summed E-state index contributed by atoms with van der Waals surface area (Å²) in [5, 5.41) is 2.99. The van der Waals surface area contributed by atoms with Crippen molar-refractivity contribution in [3.8, 4) is 0 Å². The molecule has 0 aliphatic carbocycles. The molecule has 6 heteroatoms. The average molecular weight is 312 g/mol. The Hall–Kier alpha value is -0.750. The standard InChI is InChI=1S/C11H13BrF3NO/c1-8-4-9(12)6-10(5-8)16-2-3-17-7-11(13,14)15/h4-6,16H,2-3,7H2,1H3. The third-order valence-electron chi connectivity index (χ3n) is 1.88. The lowest BCUT2D eigenvalue weighted by molar-refractivity contribution is -0.172. The second kappa shape index (κ2) is 6.26. The average Bonchev–Trinajstić information content (AvgIpc) is 2.13. The molecule has 1 rings (SSSR count). The predicted octanol–water partition coefficient (Wildman–Crippen LogP) is 3.75. The van der Waals surface area contributed by atoms with Gasteiger partial charge in [0.15, 0.2) is 0 Å². The summed E-state index contributed by atoms with van der Waals surface area (Å²) in [6.45, 7) is 1.10. The SMILES string of the molecule is Cc1cc(Br)cc(NCCOCC(F)(F)F)c1. The largest absolute Gasteiger partial charge is 0.411 e. The van der Waals surface area contributed by atoms with E-state index in [2.05, 4.69) is 26.0 Å². The zero-order valence-electron chi connectivity index (χ0n) is 9.27. The van der Waals surface area contributed by atoms with Gasteiger partial charge in [-0.3, -0.25) is 0 Å². The van der Waals surface area contributed by atoms with Crippen LogP contribution in [0.25, 0.3) is 0 Å². The zero-order chi connectivity index (χ0) is 12.9. The molecule has 0 aromatic heterocycles. The van der Waals surface area contributed by atoms with Crippen LogP contribution in [0.15, 0.2) is 22.7 Å². The van der Waals surface area contributed by atoms with Gasteiger partial charge in [0.1, 0.15) is 6.61 Å². The lowest BCUT2D eigenvalue weighted by Gasteiger charge is -2.10. The number of ether oxygens (including phenoxy) is 1. The van der Waals surface area contributed by atoms with Crippen LogP contribution >= 0.6 is 15.9 Å². The number of rotatable bonds is 5. The summed E-state index contributed by atoms with van der Waals surface area (Å²) >= 11 is 3.34. The highest BCUT2D eigenvalue weighted by Gasteiger charge is 2.27. The van der Waals surface area contributed by atoms with E-state index in [0.717, 1.165) is 15.7 Å². The minimum absolute atomic E-state index is 0.0189. The fourth-order valence-electron chi connectivity index (χ4n) is 1.29. The summed E-state index contributed by atoms with van der Waals surface area (Å²) in [5.41, 5.74) is 1.92. The van der Waals surface area contributed by atoms with Crippen molar-refractivity contribution in [3.63, 3.8) is 0 Å². The molecule has 96 valence electrons. The van der Waals surface area contributed by atoms with Gasteiger partial charge >= 0.3 is 6.18 Å². The van der Waals surface area contributed by atoms with Gasteiger partial charge in [0, 0.05) is 16.7 Å². The van der Waals surface area contributed by atoms with Crippen LogP contribution in [0.3, 0.4) is 0 Å². The second-order valence-corrected chi connectivity index (χ2v) is 4.53. The Bertz CT molecular complexity index is 348. The lowest BCUT2D eigenvalue weighted by atomic mass is 10.2. The van der Waals surface area contributed by atoms with Crippen LogP contribution in [-0.2, 0) is 4.74 Å². The third-order valence-corrected chi connectivity index (χ3v) is 2.34. The number of halogens is 4. The molecule has 0 bridgehead atoms. The van der Waals surface area contributed by atoms with Crippen LogP contribution < -0.4 is 5.32 Å². The number of alkyl halides is 3. The summed E-state index contributed by atoms with van der Waals surface area (Å²) in [7, 11) is 0. The van der Waals surface area contributed by atoms with Gasteiger partial charge in [-0.1, -0.05) is 15.9 Å². The molecule has 0 aliphatic heterocycles. The molecular formula is C11H13BrF3NO. The lowest BCUT2D eigenvalue weighted by Crippen LogP contribution is -2.20. The monoisotopic (exact) mass is 311 g/mol. The van der Waals surface area contributed by atoms with E-state index >= 15 is 0 Å². The highest BCUT2D eigenvalue weighted by atomic mass is 79.9. The van der Waals surface area contributed by atoms with Crippen LogP contribution in [0.5, 0.6) is 0 Å². The van der Waals surface area contributed by atoms with Crippen molar-refractivity contribution >= 4 is 21.6 Å². The van der Waals surface area contributed by atoms with E-state index in [0.29, 0.717) is 6.54 Å². The Morgan fingerprint density at radius 2 is 2.00 bits per heavy atom. The van der Waals surface area contributed by atoms with Gasteiger partial charge in [0.25, 0.3) is 0 Å². The molecule has 17 heavy (non-hydrogen) atoms. The first kappa shape index (κ1) is 14.3. The molecule has 1 aromatic rings. The van der Waals surface area contributed by atoms with Gasteiger partial charge < -0.3 is 10.1 Å². The maximum atomic E-state index is 11.8. The number of anilines is 1. The number of benzene rings is 1. The molecular weight excluding hydrogens is 299 g/mol. The van der Waals surface area contributed by atoms with E-state index in [1.54, 1.807) is 0 Å². The van der Waals surface area contributed by atoms with E-state index in [1.165, 1.54) is 0 Å². The molecule has 0 amide bonds. The molecule has 0 aliphatic rings. The minimum Gasteiger partial charge on any atom is -0.383 e. The molecule has 0 radical (unpaired) electrons. The van der Waals surface area contributed by atoms with Crippen LogP contribution in [0.2, 0.25) is 0 Å². The summed E-state index contributed by atoms with van der Waals surface area (Å²) in [5.74, 6) is 0. The highest BCUT2D eigenvalue weighted by molar-refractivity contribution is 9.10. The quantitative estimate of drug-likeness (QED) is 0.836. The highest BCUT2D eigenvalue weighted by Crippen LogP contribution is 2.19. The molecule has 0 unspecified atom stereocenters. The van der Waals surface area contributed by atoms with Gasteiger partial charge in [-0.2, -0.15) is 13.2 Å². The zero-order valence-corrected chi connectivity index (χ0v) is 10.9. The first-order valence-electron chi connectivity index (χ1n) is 5.02. The summed E-state index contributed by atoms with van der Waals surface area (Å²) in [6.07, 6.45) is -4.26. The molecule has 2 nitrogen and oxygen atoms in total. The van der Waals surface area contributed by atoms with E-state index < -0.39 is 12.8 Å². The Kier molecular flexibility index (Phi) is 5.27. The Morgan fingerprint density at radius 3 is 2.59 bits per heavy atom. The first-order chi connectivity index (χ1) is 7.87. The molecule has 0 saturated carbocycles. The van der Waals surface area contributed by atoms with E-state index in [-0.39, 0.29) is 6.61 Å². The third kappa shape index (κ3) is 6.53. The van der Waals surface area contributed by atoms with Crippen LogP contribution in [0, 0.1) is 6.92 Å². The first-order valence-corrected chi connectivity index (χ1v) is 5.82.